The third-order valence-corrected chi connectivity index (χ3v) is 3.89. The number of nitrogens with zero attached hydrogens (tertiary/aromatic N) is 1. The van der Waals surface area contributed by atoms with E-state index in [9.17, 15) is 0 Å². The van der Waals surface area contributed by atoms with Crippen molar-refractivity contribution in [3.8, 4) is 0 Å². The standard InChI is InChI=1S/C13H19BrClN/c1-4-6-10(2)16(3)13-8-5-7-12(15)11(13)9-14/h5,7-8,10H,4,6,9H2,1-3H3. The van der Waals surface area contributed by atoms with Gasteiger partial charge in [-0.2, -0.15) is 0 Å². The van der Waals surface area contributed by atoms with E-state index < -0.39 is 0 Å². The molecule has 1 rings (SSSR count). The largest absolute Gasteiger partial charge is 0.372 e. The summed E-state index contributed by atoms with van der Waals surface area (Å²) >= 11 is 9.70. The maximum atomic E-state index is 6.20. The molecular formula is C13H19BrClN. The Morgan fingerprint density at radius 3 is 2.69 bits per heavy atom. The fourth-order valence-corrected chi connectivity index (χ4v) is 2.85. The van der Waals surface area contributed by atoms with E-state index in [1.54, 1.807) is 0 Å². The molecule has 0 radical (unpaired) electrons. The van der Waals surface area contributed by atoms with Crippen LogP contribution in [0.5, 0.6) is 0 Å². The van der Waals surface area contributed by atoms with Gasteiger partial charge in [0.15, 0.2) is 0 Å². The first-order valence-corrected chi connectivity index (χ1v) is 7.17. The lowest BCUT2D eigenvalue weighted by Crippen LogP contribution is -2.29. The van der Waals surface area contributed by atoms with Gasteiger partial charge >= 0.3 is 0 Å². The quantitative estimate of drug-likeness (QED) is 0.702. The number of alkyl halides is 1. The topological polar surface area (TPSA) is 3.24 Å². The Morgan fingerprint density at radius 2 is 2.12 bits per heavy atom. The number of hydrogen-bond acceptors (Lipinski definition) is 1. The van der Waals surface area contributed by atoms with Crippen molar-refractivity contribution in [2.24, 2.45) is 0 Å². The second-order valence-electron chi connectivity index (χ2n) is 4.12. The molecule has 0 amide bonds. The van der Waals surface area contributed by atoms with Crippen molar-refractivity contribution in [3.63, 3.8) is 0 Å². The zero-order valence-corrected chi connectivity index (χ0v) is 12.5. The summed E-state index contributed by atoms with van der Waals surface area (Å²) in [6, 6.07) is 6.63. The fraction of sp³-hybridized carbons (Fsp3) is 0.538. The zero-order chi connectivity index (χ0) is 12.1. The van der Waals surface area contributed by atoms with Gasteiger partial charge in [-0.1, -0.05) is 46.9 Å². The summed E-state index contributed by atoms with van der Waals surface area (Å²) in [4.78, 5) is 2.31. The molecule has 0 saturated carbocycles. The molecule has 1 nitrogen and oxygen atoms in total. The first kappa shape index (κ1) is 13.9. The minimum atomic E-state index is 0.543. The van der Waals surface area contributed by atoms with Gasteiger partial charge in [-0.05, 0) is 25.5 Å². The molecule has 0 spiro atoms. The first-order valence-electron chi connectivity index (χ1n) is 5.68. The summed E-state index contributed by atoms with van der Waals surface area (Å²) in [6.45, 7) is 4.47. The molecule has 90 valence electrons. The van der Waals surface area contributed by atoms with Crippen LogP contribution in [-0.2, 0) is 5.33 Å². The van der Waals surface area contributed by atoms with E-state index in [4.69, 9.17) is 11.6 Å². The van der Waals surface area contributed by atoms with Crippen molar-refractivity contribution in [1.82, 2.24) is 0 Å². The van der Waals surface area contributed by atoms with Crippen molar-refractivity contribution < 1.29 is 0 Å². The molecule has 0 fully saturated rings. The van der Waals surface area contributed by atoms with Gasteiger partial charge in [0.25, 0.3) is 0 Å². The molecular weight excluding hydrogens is 286 g/mol. The summed E-state index contributed by atoms with van der Waals surface area (Å²) in [5, 5.41) is 1.63. The van der Waals surface area contributed by atoms with Crippen molar-refractivity contribution in [3.05, 3.63) is 28.8 Å². The fourth-order valence-electron chi connectivity index (χ4n) is 1.86. The first-order chi connectivity index (χ1) is 7.61. The summed E-state index contributed by atoms with van der Waals surface area (Å²) in [5.74, 6) is 0. The van der Waals surface area contributed by atoms with Crippen molar-refractivity contribution in [2.45, 2.75) is 38.1 Å². The lowest BCUT2D eigenvalue weighted by atomic mass is 10.1. The van der Waals surface area contributed by atoms with E-state index in [-0.39, 0.29) is 0 Å². The molecule has 1 aromatic carbocycles. The summed E-state index contributed by atoms with van der Waals surface area (Å²) in [6.07, 6.45) is 2.40. The van der Waals surface area contributed by atoms with Crippen LogP contribution in [-0.4, -0.2) is 13.1 Å². The lowest BCUT2D eigenvalue weighted by Gasteiger charge is -2.29. The number of hydrogen-bond donors (Lipinski definition) is 0. The maximum absolute atomic E-state index is 6.20. The average molecular weight is 305 g/mol. The highest BCUT2D eigenvalue weighted by atomic mass is 79.9. The highest BCUT2D eigenvalue weighted by Crippen LogP contribution is 2.30. The Balaban J connectivity index is 2.98. The minimum absolute atomic E-state index is 0.543. The van der Waals surface area contributed by atoms with Crippen LogP contribution in [0.1, 0.15) is 32.3 Å². The van der Waals surface area contributed by atoms with E-state index in [1.807, 2.05) is 12.1 Å². The molecule has 1 aromatic rings. The smallest absolute Gasteiger partial charge is 0.0467 e. The molecule has 1 atom stereocenters. The molecule has 0 aromatic heterocycles. The van der Waals surface area contributed by atoms with Gasteiger partial charge in [-0.25, -0.2) is 0 Å². The van der Waals surface area contributed by atoms with Gasteiger partial charge in [-0.15, -0.1) is 0 Å². The van der Waals surface area contributed by atoms with Gasteiger partial charge in [-0.3, -0.25) is 0 Å². The highest BCUT2D eigenvalue weighted by Gasteiger charge is 2.14. The Bertz CT molecular complexity index is 341. The van der Waals surface area contributed by atoms with Crippen molar-refractivity contribution in [2.75, 3.05) is 11.9 Å². The molecule has 16 heavy (non-hydrogen) atoms. The molecule has 0 heterocycles. The molecule has 0 aliphatic carbocycles. The molecule has 1 unspecified atom stereocenters. The summed E-state index contributed by atoms with van der Waals surface area (Å²) < 4.78 is 0. The molecule has 0 aliphatic rings. The molecule has 0 N–H and O–H groups in total. The van der Waals surface area contributed by atoms with Gasteiger partial charge in [0.05, 0.1) is 0 Å². The average Bonchev–Trinajstić information content (AvgIpc) is 2.28. The maximum Gasteiger partial charge on any atom is 0.0467 e. The van der Waals surface area contributed by atoms with Gasteiger partial charge < -0.3 is 4.90 Å². The molecule has 3 heteroatoms. The number of rotatable bonds is 5. The Hall–Kier alpha value is -0.210. The zero-order valence-electron chi connectivity index (χ0n) is 10.1. The van der Waals surface area contributed by atoms with Crippen LogP contribution >= 0.6 is 27.5 Å². The second kappa shape index (κ2) is 6.51. The van der Waals surface area contributed by atoms with Crippen molar-refractivity contribution in [1.29, 1.82) is 0 Å². The normalized spacial score (nSPS) is 12.6. The highest BCUT2D eigenvalue weighted by molar-refractivity contribution is 9.08. The monoisotopic (exact) mass is 303 g/mol. The predicted octanol–water partition coefficient (Wildman–Crippen LogP) is 4.86. The van der Waals surface area contributed by atoms with Crippen LogP contribution in [0.2, 0.25) is 5.02 Å². The Labute approximate surface area is 112 Å². The Kier molecular flexibility index (Phi) is 5.63. The van der Waals surface area contributed by atoms with E-state index in [2.05, 4.69) is 47.8 Å². The lowest BCUT2D eigenvalue weighted by molar-refractivity contribution is 0.615. The number of halogens is 2. The van der Waals surface area contributed by atoms with Crippen LogP contribution < -0.4 is 4.90 Å². The number of anilines is 1. The molecule has 0 bridgehead atoms. The van der Waals surface area contributed by atoms with Crippen LogP contribution in [0.3, 0.4) is 0 Å². The summed E-state index contributed by atoms with van der Waals surface area (Å²) in [5.41, 5.74) is 2.40. The van der Waals surface area contributed by atoms with E-state index >= 15 is 0 Å². The SMILES string of the molecule is CCCC(C)N(C)c1cccc(Cl)c1CBr. The van der Waals surface area contributed by atoms with Crippen LogP contribution in [0.4, 0.5) is 5.69 Å². The van der Waals surface area contributed by atoms with E-state index in [0.717, 1.165) is 10.4 Å². The van der Waals surface area contributed by atoms with Gasteiger partial charge in [0.1, 0.15) is 0 Å². The summed E-state index contributed by atoms with van der Waals surface area (Å²) in [7, 11) is 2.14. The van der Waals surface area contributed by atoms with Crippen LogP contribution in [0.25, 0.3) is 0 Å². The molecule has 0 aliphatic heterocycles. The third kappa shape index (κ3) is 3.14. The van der Waals surface area contributed by atoms with Crippen LogP contribution in [0.15, 0.2) is 18.2 Å². The molecule has 0 saturated heterocycles. The predicted molar refractivity (Wildman–Crippen MR) is 76.9 cm³/mol. The van der Waals surface area contributed by atoms with Crippen molar-refractivity contribution >= 4 is 33.2 Å². The number of benzene rings is 1. The Morgan fingerprint density at radius 1 is 1.44 bits per heavy atom. The van der Waals surface area contributed by atoms with Crippen LogP contribution in [0, 0.1) is 0 Å². The van der Waals surface area contributed by atoms with Gasteiger partial charge in [0.2, 0.25) is 0 Å². The third-order valence-electron chi connectivity index (χ3n) is 2.98. The second-order valence-corrected chi connectivity index (χ2v) is 5.09. The minimum Gasteiger partial charge on any atom is -0.372 e. The van der Waals surface area contributed by atoms with E-state index in [1.165, 1.54) is 24.1 Å². The van der Waals surface area contributed by atoms with E-state index in [0.29, 0.717) is 6.04 Å². The van der Waals surface area contributed by atoms with Gasteiger partial charge in [0, 0.05) is 34.7 Å².